The van der Waals surface area contributed by atoms with E-state index in [1.54, 1.807) is 13.8 Å². The number of rotatable bonds is 19. The van der Waals surface area contributed by atoms with Crippen LogP contribution in [0, 0.1) is 109 Å². The maximum absolute atomic E-state index is 11.3. The van der Waals surface area contributed by atoms with Crippen molar-refractivity contribution >= 4 is 39.0 Å². The Morgan fingerprint density at radius 1 is 0.492 bits per heavy atom. The molecule has 4 aliphatic rings. The van der Waals surface area contributed by atoms with Crippen LogP contribution in [0.3, 0.4) is 0 Å². The molecule has 1 N–H and O–H groups in total. The summed E-state index contributed by atoms with van der Waals surface area (Å²) < 4.78 is 56.8. The van der Waals surface area contributed by atoms with Gasteiger partial charge in [0.15, 0.2) is 0 Å². The van der Waals surface area contributed by atoms with Gasteiger partial charge >= 0.3 is 6.18 Å². The second-order valence-electron chi connectivity index (χ2n) is 39.6. The topological polar surface area (TPSA) is 85.9 Å². The SMILES string of the molecule is CC.CC(C)C1CC1.CC(C)C1CCCC1.CC(C)C1CCCCC1.CC(C)CC(F)(F)F.CC(C)CF.CC(C)CN1CCOCC1.CC(C)Cc1c[nH]c2ccccc12.CC(C)Cc1ccccc1.CC(C)Cc1ccncc1.CC(C)Cc1cn(C)c2ccccc12.CC(C)Cn1cccn1.C[C-]=O.Cc1ccc2c(ccn2CC(C)C)c1.[CH2-]C(C)C.[Y]. The number of carbonyl (C=O) groups excluding carboxylic acids is 1. The smallest absolute Gasteiger partial charge is 0.389 e. The Balaban J connectivity index is -0.00000131. The van der Waals surface area contributed by atoms with Crippen LogP contribution in [0.4, 0.5) is 17.6 Å². The number of ether oxygens (including phenoxy) is 1. The van der Waals surface area contributed by atoms with Gasteiger partial charge in [0.25, 0.3) is 0 Å². The monoisotopic (exact) mass is 1830 g/mol. The summed E-state index contributed by atoms with van der Waals surface area (Å²) in [5, 5.41) is 8.20. The molecule has 6 heterocycles. The molecule has 715 valence electrons. The molecular formula is C112H187F4N7O2Y-2. The van der Waals surface area contributed by atoms with Crippen molar-refractivity contribution in [2.45, 2.75) is 330 Å². The Labute approximate surface area is 797 Å². The first-order chi connectivity index (χ1) is 59.0. The van der Waals surface area contributed by atoms with Crippen molar-refractivity contribution in [1.29, 1.82) is 0 Å². The van der Waals surface area contributed by atoms with Crippen LogP contribution in [0.15, 0.2) is 165 Å². The van der Waals surface area contributed by atoms with Crippen molar-refractivity contribution < 1.29 is 59.8 Å². The van der Waals surface area contributed by atoms with Crippen molar-refractivity contribution in [2.75, 3.05) is 39.5 Å². The van der Waals surface area contributed by atoms with Gasteiger partial charge in [-0.25, -0.2) is 0 Å². The van der Waals surface area contributed by atoms with Crippen molar-refractivity contribution in [1.82, 2.24) is 33.8 Å². The fourth-order valence-electron chi connectivity index (χ4n) is 14.4. The predicted molar refractivity (Wildman–Crippen MR) is 542 cm³/mol. The van der Waals surface area contributed by atoms with Gasteiger partial charge in [-0.05, 0) is 210 Å². The molecule has 4 fully saturated rings. The number of hydrogen-bond donors (Lipinski definition) is 1. The van der Waals surface area contributed by atoms with E-state index in [-0.39, 0.29) is 51.2 Å². The third kappa shape index (κ3) is 67.5. The van der Waals surface area contributed by atoms with Gasteiger partial charge in [0, 0.05) is 150 Å². The van der Waals surface area contributed by atoms with Crippen molar-refractivity contribution in [2.24, 2.45) is 102 Å². The fraction of sp³-hybridized carbons (Fsp3) is 0.643. The van der Waals surface area contributed by atoms with E-state index in [9.17, 15) is 17.6 Å². The van der Waals surface area contributed by atoms with E-state index >= 15 is 0 Å². The van der Waals surface area contributed by atoms with E-state index in [0.717, 1.165) is 117 Å². The van der Waals surface area contributed by atoms with Crippen LogP contribution < -0.4 is 0 Å². The summed E-state index contributed by atoms with van der Waals surface area (Å²) in [7, 11) is 2.12. The van der Waals surface area contributed by atoms with Crippen LogP contribution in [-0.4, -0.2) is 85.8 Å². The first-order valence-corrected chi connectivity index (χ1v) is 48.6. The van der Waals surface area contributed by atoms with Crippen molar-refractivity contribution in [3.05, 3.63) is 199 Å². The molecule has 0 spiro atoms. The molecule has 3 saturated carbocycles. The zero-order valence-corrected chi connectivity index (χ0v) is 88.9. The second kappa shape index (κ2) is 74.9. The number of hydrogen-bond acceptors (Lipinski definition) is 5. The van der Waals surface area contributed by atoms with Crippen LogP contribution in [0.1, 0.15) is 306 Å². The number of pyridine rings is 1. The van der Waals surface area contributed by atoms with Crippen LogP contribution in [-0.2, 0) is 88.1 Å². The Kier molecular flexibility index (Phi) is 73.9. The minimum atomic E-state index is -3.98. The van der Waals surface area contributed by atoms with Crippen LogP contribution in [0.2, 0.25) is 0 Å². The van der Waals surface area contributed by atoms with Gasteiger partial charge in [0.2, 0.25) is 0 Å². The summed E-state index contributed by atoms with van der Waals surface area (Å²) in [5.41, 5.74) is 11.0. The molecule has 0 bridgehead atoms. The quantitative estimate of drug-likeness (QED) is 0.0644. The number of fused-ring (bicyclic) bond motifs is 3. The number of para-hydroxylation sites is 2. The molecule has 4 aromatic carbocycles. The maximum atomic E-state index is 11.3. The van der Waals surface area contributed by atoms with E-state index in [1.165, 1.54) is 164 Å². The van der Waals surface area contributed by atoms with Gasteiger partial charge in [-0.1, -0.05) is 330 Å². The second-order valence-corrected chi connectivity index (χ2v) is 39.6. The summed E-state index contributed by atoms with van der Waals surface area (Å²) in [6, 6.07) is 42.6. The summed E-state index contributed by atoms with van der Waals surface area (Å²) >= 11 is 0. The van der Waals surface area contributed by atoms with Gasteiger partial charge in [0.1, 0.15) is 0 Å². The molecule has 126 heavy (non-hydrogen) atoms. The molecule has 14 heteroatoms. The molecule has 1 radical (unpaired) electrons. The largest absolute Gasteiger partial charge is 0.542 e. The van der Waals surface area contributed by atoms with Crippen LogP contribution in [0.5, 0.6) is 0 Å². The summed E-state index contributed by atoms with van der Waals surface area (Å²) in [5.74, 6) is 11.7. The molecule has 1 aliphatic heterocycles. The van der Waals surface area contributed by atoms with Crippen LogP contribution >= 0.6 is 0 Å². The average Bonchev–Trinajstić information content (AvgIpc) is 1.66. The number of halogens is 4. The molecule has 13 rings (SSSR count). The molecule has 0 unspecified atom stereocenters. The Morgan fingerprint density at radius 2 is 0.929 bits per heavy atom. The van der Waals surface area contributed by atoms with Gasteiger partial charge in [0.05, 0.1) is 19.9 Å². The van der Waals surface area contributed by atoms with Gasteiger partial charge in [-0.2, -0.15) is 31.1 Å². The fourth-order valence-corrected chi connectivity index (χ4v) is 14.4. The molecule has 1 saturated heterocycles. The third-order valence-electron chi connectivity index (χ3n) is 20.6. The van der Waals surface area contributed by atoms with Gasteiger partial charge in [-0.15, -0.1) is 0 Å². The number of alkyl halides is 4. The summed E-state index contributed by atoms with van der Waals surface area (Å²) in [6.07, 6.45) is 32.0. The molecule has 3 aliphatic carbocycles. The van der Waals surface area contributed by atoms with Crippen LogP contribution in [0.25, 0.3) is 32.7 Å². The number of morpholine rings is 1. The third-order valence-corrected chi connectivity index (χ3v) is 20.6. The first kappa shape index (κ1) is 124. The predicted octanol–water partition coefficient (Wildman–Crippen LogP) is 33.0. The molecule has 0 atom stereocenters. The summed E-state index contributed by atoms with van der Waals surface area (Å²) in [4.78, 5) is 18.4. The Bertz CT molecular complexity index is 3830. The molecule has 9 nitrogen and oxygen atoms in total. The minimum absolute atomic E-state index is 0. The van der Waals surface area contributed by atoms with E-state index in [1.807, 2.05) is 63.2 Å². The Hall–Kier alpha value is -5.73. The molecule has 5 aromatic heterocycles. The average molecular weight is 1830 g/mol. The minimum Gasteiger partial charge on any atom is -0.542 e. The number of nitrogens with one attached hydrogen (secondary N) is 1. The number of aryl methyl sites for hydroxylation is 2. The van der Waals surface area contributed by atoms with E-state index < -0.39 is 12.6 Å². The molecule has 9 aromatic rings. The summed E-state index contributed by atoms with van der Waals surface area (Å²) in [6.45, 7) is 74.6. The normalized spacial score (nSPS) is 13.6. The van der Waals surface area contributed by atoms with Gasteiger partial charge < -0.3 is 30.6 Å². The molecule has 0 amide bonds. The zero-order chi connectivity index (χ0) is 95.0. The number of aromatic nitrogens is 6. The zero-order valence-electron chi connectivity index (χ0n) is 86.1. The number of nitrogens with zero attached hydrogens (tertiary/aromatic N) is 6. The van der Waals surface area contributed by atoms with E-state index in [2.05, 4.69) is 336 Å². The van der Waals surface area contributed by atoms with Crippen molar-refractivity contribution in [3.8, 4) is 0 Å². The maximum Gasteiger partial charge on any atom is 0.389 e. The van der Waals surface area contributed by atoms with E-state index in [4.69, 9.17) is 9.53 Å². The Morgan fingerprint density at radius 3 is 1.33 bits per heavy atom. The van der Waals surface area contributed by atoms with Crippen molar-refractivity contribution in [3.63, 3.8) is 0 Å². The first-order valence-electron chi connectivity index (χ1n) is 48.6. The van der Waals surface area contributed by atoms with Gasteiger partial charge in [-0.3, -0.25) is 25.2 Å². The standard InChI is InChI=1S/2C13H17N.C12H15N.C10H14.C9H13N.C9H18.C8H17NO.C8H16.C7H12N2.C6H12.C5H9F3.C4H9F.C4H9.C2H3O.C2H6.Y/c1-10(2)9-14-7-6-12-8-11(3)4-5-13(12)14;1-10(2)8-11-9-14(3)13-7-5-4-6-12(11)13;1-9(2)7-10-8-13-12-6-4-3-5-11(10)12;1-9(2)8-10-6-4-3-5-7-10;1-8(2)7-9-3-5-10-6-4-9;1-8(2)9-6-4-3-5-7-9;1-8(2)7-9-3-5-10-6-4-9;1-7(2)8-5-3-4-6-8;1-7(2)6-9-5-3-4-8-9;1-5(2)6-3-4-6;1-4(2)3-5(6,7)8;1-4(2)3-5;1-4(2)3;1-2-3;1-2;/h4-8,10H,9H2,1-3H3;4-7,9-10H,8H2,1-3H3;3-6,8-9,13H,7H2,1-2H3;3-7,9H,8H2,1-2H3;3-6,8H,7H2,1-2H3;8-9H,3-7H2,1-2H3;8H,3-7H2,1-2H3;7-8H,3-6H2,1-2H3;3-5,7H,6H2,1-2H3;5-6H,3-4H2,1-2H3;4H,3H2,1-2H3;4H,3H2,1-2H3;4H,1H2,2-3H3;1H3;1-2H3;/q;;;;;;;;;;;;2*-1;;. The van der Waals surface area contributed by atoms with E-state index in [0.29, 0.717) is 17.8 Å². The number of aromatic amines is 1. The number of benzene rings is 4. The number of H-pyrrole nitrogens is 1. The molecular weight excluding hydrogens is 1640 g/mol.